The summed E-state index contributed by atoms with van der Waals surface area (Å²) >= 11 is 0. The SMILES string of the molecule is CC[C@@]1(/C=C/C[C@H](C)O)CC(=O)c2c(CC(=O)O)cc(O)cc2O1. The molecule has 2 rings (SSSR count). The second kappa shape index (κ2) is 7.05. The van der Waals surface area contributed by atoms with Crippen molar-refractivity contribution in [2.24, 2.45) is 0 Å². The molecule has 1 aliphatic heterocycles. The summed E-state index contributed by atoms with van der Waals surface area (Å²) in [6, 6.07) is 2.63. The minimum Gasteiger partial charge on any atom is -0.508 e. The molecule has 0 radical (unpaired) electrons. The Morgan fingerprint density at radius 2 is 2.17 bits per heavy atom. The van der Waals surface area contributed by atoms with Crippen LogP contribution in [0.3, 0.4) is 0 Å². The Bertz CT molecular complexity index is 676. The van der Waals surface area contributed by atoms with E-state index in [1.165, 1.54) is 12.1 Å². The smallest absolute Gasteiger partial charge is 0.307 e. The quantitative estimate of drug-likeness (QED) is 0.690. The van der Waals surface area contributed by atoms with Gasteiger partial charge in [0.2, 0.25) is 0 Å². The van der Waals surface area contributed by atoms with E-state index in [0.717, 1.165) is 0 Å². The highest BCUT2D eigenvalue weighted by atomic mass is 16.5. The molecule has 0 aliphatic carbocycles. The topological polar surface area (TPSA) is 104 Å². The summed E-state index contributed by atoms with van der Waals surface area (Å²) in [5.74, 6) is -1.24. The molecule has 1 aromatic rings. The van der Waals surface area contributed by atoms with E-state index in [0.29, 0.717) is 12.8 Å². The van der Waals surface area contributed by atoms with Crippen LogP contribution in [0.1, 0.15) is 49.0 Å². The number of carboxylic acid groups (broad SMARTS) is 1. The summed E-state index contributed by atoms with van der Waals surface area (Å²) in [5, 5.41) is 28.2. The second-order valence-electron chi connectivity index (χ2n) is 6.16. The lowest BCUT2D eigenvalue weighted by Gasteiger charge is -2.36. The summed E-state index contributed by atoms with van der Waals surface area (Å²) in [6.45, 7) is 3.55. The van der Waals surface area contributed by atoms with Crippen molar-refractivity contribution < 1.29 is 29.6 Å². The van der Waals surface area contributed by atoms with Crippen molar-refractivity contribution in [3.63, 3.8) is 0 Å². The average molecular weight is 334 g/mol. The molecular weight excluding hydrogens is 312 g/mol. The van der Waals surface area contributed by atoms with Gasteiger partial charge in [-0.2, -0.15) is 0 Å². The molecule has 1 aliphatic rings. The number of hydrogen-bond donors (Lipinski definition) is 3. The van der Waals surface area contributed by atoms with Crippen LogP contribution in [0.25, 0.3) is 0 Å². The number of phenolic OH excluding ortho intramolecular Hbond substituents is 1. The number of rotatable bonds is 6. The zero-order valence-corrected chi connectivity index (χ0v) is 13.8. The molecule has 0 unspecified atom stereocenters. The summed E-state index contributed by atoms with van der Waals surface area (Å²) in [5.41, 5.74) is -0.379. The molecule has 130 valence electrons. The van der Waals surface area contributed by atoms with Gasteiger partial charge >= 0.3 is 5.97 Å². The molecule has 6 heteroatoms. The molecule has 0 saturated carbocycles. The molecular formula is C18H22O6. The first kappa shape index (κ1) is 18.0. The van der Waals surface area contributed by atoms with Crippen LogP contribution in [-0.2, 0) is 11.2 Å². The van der Waals surface area contributed by atoms with Gasteiger partial charge in [0, 0.05) is 6.07 Å². The third-order valence-electron chi connectivity index (χ3n) is 4.06. The first-order chi connectivity index (χ1) is 11.3. The van der Waals surface area contributed by atoms with E-state index in [1.54, 1.807) is 19.1 Å². The van der Waals surface area contributed by atoms with Gasteiger partial charge in [0.05, 0.1) is 24.5 Å². The summed E-state index contributed by atoms with van der Waals surface area (Å²) in [4.78, 5) is 23.6. The number of ketones is 1. The van der Waals surface area contributed by atoms with Crippen molar-refractivity contribution in [2.45, 2.75) is 51.2 Å². The number of hydrogen-bond acceptors (Lipinski definition) is 5. The number of aliphatic carboxylic acids is 1. The highest BCUT2D eigenvalue weighted by molar-refractivity contribution is 6.03. The third kappa shape index (κ3) is 3.94. The van der Waals surface area contributed by atoms with Gasteiger partial charge in [-0.25, -0.2) is 0 Å². The van der Waals surface area contributed by atoms with Crippen LogP contribution in [0.5, 0.6) is 11.5 Å². The Morgan fingerprint density at radius 3 is 2.75 bits per heavy atom. The highest BCUT2D eigenvalue weighted by Gasteiger charge is 2.38. The van der Waals surface area contributed by atoms with Crippen molar-refractivity contribution in [3.8, 4) is 11.5 Å². The fraction of sp³-hybridized carbons (Fsp3) is 0.444. The zero-order chi connectivity index (χ0) is 17.9. The molecule has 6 nitrogen and oxygen atoms in total. The Labute approximate surface area is 140 Å². The number of benzene rings is 1. The number of Topliss-reactive ketones (excluding diaryl/α,β-unsaturated/α-hetero) is 1. The van der Waals surface area contributed by atoms with Gasteiger partial charge in [0.25, 0.3) is 0 Å². The number of fused-ring (bicyclic) bond motifs is 1. The van der Waals surface area contributed by atoms with E-state index in [1.807, 2.05) is 6.92 Å². The fourth-order valence-electron chi connectivity index (χ4n) is 2.86. The van der Waals surface area contributed by atoms with E-state index >= 15 is 0 Å². The van der Waals surface area contributed by atoms with E-state index in [9.17, 15) is 19.8 Å². The maximum Gasteiger partial charge on any atom is 0.307 e. The number of carbonyl (C=O) groups excluding carboxylic acids is 1. The average Bonchev–Trinajstić information content (AvgIpc) is 2.45. The molecule has 1 aromatic carbocycles. The van der Waals surface area contributed by atoms with Crippen molar-refractivity contribution in [3.05, 3.63) is 35.4 Å². The van der Waals surface area contributed by atoms with Crippen molar-refractivity contribution >= 4 is 11.8 Å². The van der Waals surface area contributed by atoms with Gasteiger partial charge in [-0.1, -0.05) is 13.0 Å². The highest BCUT2D eigenvalue weighted by Crippen LogP contribution is 2.40. The molecule has 3 N–H and O–H groups in total. The van der Waals surface area contributed by atoms with Crippen LogP contribution in [0, 0.1) is 0 Å². The van der Waals surface area contributed by atoms with Crippen molar-refractivity contribution in [1.29, 1.82) is 0 Å². The predicted octanol–water partition coefficient (Wildman–Crippen LogP) is 2.46. The van der Waals surface area contributed by atoms with E-state index < -0.39 is 17.7 Å². The number of carbonyl (C=O) groups is 2. The normalized spacial score (nSPS) is 21.4. The minimum absolute atomic E-state index is 0.0875. The van der Waals surface area contributed by atoms with Crippen LogP contribution in [0.2, 0.25) is 0 Å². The number of ether oxygens (including phenoxy) is 1. The summed E-state index contributed by atoms with van der Waals surface area (Å²) in [7, 11) is 0. The predicted molar refractivity (Wildman–Crippen MR) is 87.5 cm³/mol. The second-order valence-corrected chi connectivity index (χ2v) is 6.16. The van der Waals surface area contributed by atoms with Crippen LogP contribution in [0.15, 0.2) is 24.3 Å². The van der Waals surface area contributed by atoms with Gasteiger partial charge in [0.1, 0.15) is 17.1 Å². The van der Waals surface area contributed by atoms with Crippen LogP contribution < -0.4 is 4.74 Å². The lowest BCUT2D eigenvalue weighted by molar-refractivity contribution is -0.136. The maximum absolute atomic E-state index is 12.6. The van der Waals surface area contributed by atoms with Gasteiger partial charge in [0.15, 0.2) is 5.78 Å². The summed E-state index contributed by atoms with van der Waals surface area (Å²) < 4.78 is 5.98. The lowest BCUT2D eigenvalue weighted by Crippen LogP contribution is -2.40. The van der Waals surface area contributed by atoms with Crippen LogP contribution in [0.4, 0.5) is 0 Å². The van der Waals surface area contributed by atoms with Crippen LogP contribution in [-0.4, -0.2) is 38.8 Å². The van der Waals surface area contributed by atoms with Crippen LogP contribution >= 0.6 is 0 Å². The van der Waals surface area contributed by atoms with Gasteiger partial charge in [-0.3, -0.25) is 9.59 Å². The zero-order valence-electron chi connectivity index (χ0n) is 13.8. The summed E-state index contributed by atoms with van der Waals surface area (Å²) in [6.07, 6.45) is 3.74. The Balaban J connectivity index is 2.42. The maximum atomic E-state index is 12.6. The Morgan fingerprint density at radius 1 is 1.46 bits per heavy atom. The number of phenols is 1. The molecule has 2 atom stereocenters. The molecule has 0 fully saturated rings. The molecule has 24 heavy (non-hydrogen) atoms. The molecule has 0 spiro atoms. The monoisotopic (exact) mass is 334 g/mol. The minimum atomic E-state index is -1.08. The van der Waals surface area contributed by atoms with E-state index in [4.69, 9.17) is 9.84 Å². The van der Waals surface area contributed by atoms with Gasteiger partial charge in [-0.05, 0) is 37.5 Å². The number of aliphatic hydroxyl groups excluding tert-OH is 1. The fourth-order valence-corrected chi connectivity index (χ4v) is 2.86. The number of aliphatic hydroxyl groups is 1. The molecule has 0 amide bonds. The van der Waals surface area contributed by atoms with E-state index in [-0.39, 0.29) is 41.3 Å². The molecule has 1 heterocycles. The Hall–Kier alpha value is -2.34. The Kier molecular flexibility index (Phi) is 5.29. The first-order valence-electron chi connectivity index (χ1n) is 7.92. The third-order valence-corrected chi connectivity index (χ3v) is 4.06. The van der Waals surface area contributed by atoms with Crippen molar-refractivity contribution in [2.75, 3.05) is 0 Å². The van der Waals surface area contributed by atoms with Gasteiger partial charge in [-0.15, -0.1) is 0 Å². The molecule has 0 aromatic heterocycles. The number of aromatic hydroxyl groups is 1. The number of carboxylic acids is 1. The largest absolute Gasteiger partial charge is 0.508 e. The lowest BCUT2D eigenvalue weighted by atomic mass is 9.85. The molecule has 0 bridgehead atoms. The van der Waals surface area contributed by atoms with E-state index in [2.05, 4.69) is 0 Å². The standard InChI is InChI=1S/C18H22O6/c1-3-18(6-4-5-11(2)19)10-14(21)17-12(8-16(22)23)7-13(20)9-15(17)24-18/h4,6-7,9,11,19-20H,3,5,8,10H2,1-2H3,(H,22,23)/b6-4+/t11-,18+/m0/s1. The first-order valence-corrected chi connectivity index (χ1v) is 7.92. The van der Waals surface area contributed by atoms with Gasteiger partial charge < -0.3 is 20.1 Å². The molecule has 0 saturated heterocycles. The van der Waals surface area contributed by atoms with Crippen molar-refractivity contribution in [1.82, 2.24) is 0 Å².